The molecule has 0 spiro atoms. The first-order valence-electron chi connectivity index (χ1n) is 8.40. The summed E-state index contributed by atoms with van der Waals surface area (Å²) in [5.41, 5.74) is 9.40. The first-order chi connectivity index (χ1) is 13.5. The predicted molar refractivity (Wildman–Crippen MR) is 121 cm³/mol. The molecule has 6 heteroatoms. The van der Waals surface area contributed by atoms with Crippen LogP contribution in [0.4, 0.5) is 11.4 Å². The van der Waals surface area contributed by atoms with Crippen LogP contribution in [-0.2, 0) is 6.54 Å². The molecular formula is C22H17Cl2N3S. The van der Waals surface area contributed by atoms with Gasteiger partial charge in [-0.05, 0) is 47.4 Å². The molecule has 1 aromatic heterocycles. The number of nitrogens with zero attached hydrogens (tertiary/aromatic N) is 2. The van der Waals surface area contributed by atoms with Crippen molar-refractivity contribution in [3.05, 3.63) is 98.3 Å². The smallest absolute Gasteiger partial charge is 0.101 e. The molecule has 2 aromatic carbocycles. The van der Waals surface area contributed by atoms with Crippen molar-refractivity contribution in [2.75, 3.05) is 10.6 Å². The van der Waals surface area contributed by atoms with Crippen molar-refractivity contribution in [2.45, 2.75) is 6.54 Å². The second kappa shape index (κ2) is 8.99. The summed E-state index contributed by atoms with van der Waals surface area (Å²) >= 11 is 14.0. The van der Waals surface area contributed by atoms with Gasteiger partial charge in [0, 0.05) is 21.5 Å². The maximum absolute atomic E-state index is 9.74. The van der Waals surface area contributed by atoms with Crippen LogP contribution in [0.3, 0.4) is 0 Å². The van der Waals surface area contributed by atoms with Gasteiger partial charge in [0.2, 0.25) is 0 Å². The second-order valence-corrected chi connectivity index (χ2v) is 7.84. The van der Waals surface area contributed by atoms with Gasteiger partial charge in [0.05, 0.1) is 22.6 Å². The van der Waals surface area contributed by atoms with Crippen LogP contribution in [0.15, 0.2) is 77.8 Å². The second-order valence-electron chi connectivity index (χ2n) is 6.01. The van der Waals surface area contributed by atoms with Gasteiger partial charge in [-0.3, -0.25) is 0 Å². The fourth-order valence-electron chi connectivity index (χ4n) is 2.72. The lowest BCUT2D eigenvalue weighted by atomic mass is 10.1. The number of hydrogen-bond acceptors (Lipinski definition) is 4. The van der Waals surface area contributed by atoms with E-state index in [1.165, 1.54) is 0 Å². The Morgan fingerprint density at radius 1 is 1.18 bits per heavy atom. The van der Waals surface area contributed by atoms with Crippen molar-refractivity contribution in [3.8, 4) is 6.07 Å². The summed E-state index contributed by atoms with van der Waals surface area (Å²) < 4.78 is 0. The lowest BCUT2D eigenvalue weighted by molar-refractivity contribution is 0.932. The first-order valence-corrected chi connectivity index (χ1v) is 10.0. The van der Waals surface area contributed by atoms with Crippen LogP contribution in [0.1, 0.15) is 10.4 Å². The molecule has 3 rings (SSSR count). The standard InChI is InChI=1S/C22H17Cl2N3S/c1-15(17(13-25)11-19-5-4-10-28-19)27(22-7-3-2-6-21(22)26)14-16-8-9-18(23)12-20(16)24/h2-12H,1,14,26H2. The summed E-state index contributed by atoms with van der Waals surface area (Å²) in [7, 11) is 0. The third kappa shape index (κ3) is 4.58. The largest absolute Gasteiger partial charge is 0.397 e. The number of thiophene rings is 1. The van der Waals surface area contributed by atoms with Crippen molar-refractivity contribution in [1.29, 1.82) is 5.26 Å². The van der Waals surface area contributed by atoms with Crippen LogP contribution in [-0.4, -0.2) is 0 Å². The molecule has 0 aliphatic heterocycles. The highest BCUT2D eigenvalue weighted by molar-refractivity contribution is 7.10. The van der Waals surface area contributed by atoms with Crippen LogP contribution in [0.2, 0.25) is 10.0 Å². The molecule has 0 unspecified atom stereocenters. The average molecular weight is 426 g/mol. The van der Waals surface area contributed by atoms with Gasteiger partial charge in [-0.1, -0.05) is 54.0 Å². The minimum absolute atomic E-state index is 0.395. The van der Waals surface area contributed by atoms with Crippen molar-refractivity contribution >= 4 is 52.0 Å². The van der Waals surface area contributed by atoms with Crippen molar-refractivity contribution < 1.29 is 0 Å². The van der Waals surface area contributed by atoms with Gasteiger partial charge in [0.25, 0.3) is 0 Å². The average Bonchev–Trinajstić information content (AvgIpc) is 3.19. The number of nitrogen functional groups attached to an aromatic ring is 1. The van der Waals surface area contributed by atoms with Gasteiger partial charge in [-0.15, -0.1) is 11.3 Å². The van der Waals surface area contributed by atoms with Crippen molar-refractivity contribution in [1.82, 2.24) is 0 Å². The van der Waals surface area contributed by atoms with E-state index in [1.807, 2.05) is 58.8 Å². The molecule has 0 saturated heterocycles. The highest BCUT2D eigenvalue weighted by atomic mass is 35.5. The van der Waals surface area contributed by atoms with Gasteiger partial charge < -0.3 is 10.6 Å². The van der Waals surface area contributed by atoms with Crippen LogP contribution >= 0.6 is 34.5 Å². The number of benzene rings is 2. The summed E-state index contributed by atoms with van der Waals surface area (Å²) in [5, 5.41) is 12.8. The molecule has 0 amide bonds. The van der Waals surface area contributed by atoms with Crippen LogP contribution in [0, 0.1) is 11.3 Å². The predicted octanol–water partition coefficient (Wildman–Crippen LogP) is 6.76. The Bertz CT molecular complexity index is 1070. The number of nitriles is 1. The molecule has 0 atom stereocenters. The van der Waals surface area contributed by atoms with Crippen molar-refractivity contribution in [2.24, 2.45) is 0 Å². The molecule has 28 heavy (non-hydrogen) atoms. The van der Waals surface area contributed by atoms with E-state index < -0.39 is 0 Å². The minimum atomic E-state index is 0.395. The van der Waals surface area contributed by atoms with Crippen LogP contribution < -0.4 is 10.6 Å². The Balaban J connectivity index is 2.04. The molecule has 0 saturated carbocycles. The van der Waals surface area contributed by atoms with Crippen LogP contribution in [0.25, 0.3) is 6.08 Å². The number of anilines is 2. The van der Waals surface area contributed by atoms with Gasteiger partial charge >= 0.3 is 0 Å². The summed E-state index contributed by atoms with van der Waals surface area (Å²) in [6.07, 6.45) is 1.82. The van der Waals surface area contributed by atoms with Crippen LogP contribution in [0.5, 0.6) is 0 Å². The quantitative estimate of drug-likeness (QED) is 0.269. The molecule has 0 aliphatic carbocycles. The maximum atomic E-state index is 9.74. The molecule has 0 bridgehead atoms. The zero-order valence-corrected chi connectivity index (χ0v) is 17.2. The number of allylic oxidation sites excluding steroid dienone is 1. The third-order valence-electron chi connectivity index (χ3n) is 4.16. The van der Waals surface area contributed by atoms with E-state index in [4.69, 9.17) is 28.9 Å². The maximum Gasteiger partial charge on any atom is 0.101 e. The zero-order chi connectivity index (χ0) is 20.1. The third-order valence-corrected chi connectivity index (χ3v) is 5.56. The lowest BCUT2D eigenvalue weighted by Crippen LogP contribution is -2.23. The Morgan fingerprint density at radius 2 is 1.96 bits per heavy atom. The number of rotatable bonds is 6. The first kappa shape index (κ1) is 20.0. The fraction of sp³-hybridized carbons (Fsp3) is 0.0455. The van der Waals surface area contributed by atoms with E-state index in [9.17, 15) is 5.26 Å². The number of halogens is 2. The van der Waals surface area contributed by atoms with E-state index in [1.54, 1.807) is 23.5 Å². The molecule has 140 valence electrons. The fourth-order valence-corrected chi connectivity index (χ4v) is 3.85. The van der Waals surface area contributed by atoms with E-state index >= 15 is 0 Å². The lowest BCUT2D eigenvalue weighted by Gasteiger charge is -2.28. The summed E-state index contributed by atoms with van der Waals surface area (Å²) in [5.74, 6) is 0. The topological polar surface area (TPSA) is 53.0 Å². The number of nitrogens with two attached hydrogens (primary N) is 1. The van der Waals surface area contributed by atoms with Gasteiger partial charge in [-0.25, -0.2) is 0 Å². The SMILES string of the molecule is C=C(C(C#N)=Cc1cccs1)N(Cc1ccc(Cl)cc1Cl)c1ccccc1N. The monoisotopic (exact) mass is 425 g/mol. The van der Waals surface area contributed by atoms with E-state index in [0.717, 1.165) is 16.1 Å². The highest BCUT2D eigenvalue weighted by Gasteiger charge is 2.18. The number of para-hydroxylation sites is 2. The number of hydrogen-bond donors (Lipinski definition) is 1. The Kier molecular flexibility index (Phi) is 6.43. The van der Waals surface area contributed by atoms with E-state index in [2.05, 4.69) is 12.6 Å². The minimum Gasteiger partial charge on any atom is -0.397 e. The molecule has 0 aliphatic rings. The summed E-state index contributed by atoms with van der Waals surface area (Å²) in [6.45, 7) is 4.58. The van der Waals surface area contributed by atoms with E-state index in [-0.39, 0.29) is 0 Å². The van der Waals surface area contributed by atoms with Crippen molar-refractivity contribution in [3.63, 3.8) is 0 Å². The molecule has 0 fully saturated rings. The Labute approximate surface area is 178 Å². The van der Waals surface area contributed by atoms with Gasteiger partial charge in [-0.2, -0.15) is 5.26 Å². The zero-order valence-electron chi connectivity index (χ0n) is 14.9. The van der Waals surface area contributed by atoms with Gasteiger partial charge in [0.1, 0.15) is 6.07 Å². The van der Waals surface area contributed by atoms with Gasteiger partial charge in [0.15, 0.2) is 0 Å². The molecule has 1 heterocycles. The molecule has 2 N–H and O–H groups in total. The molecule has 0 radical (unpaired) electrons. The van der Waals surface area contributed by atoms with E-state index in [0.29, 0.717) is 33.5 Å². The summed E-state index contributed by atoms with van der Waals surface area (Å²) in [6, 6.07) is 18.9. The highest BCUT2D eigenvalue weighted by Crippen LogP contribution is 2.33. The Morgan fingerprint density at radius 3 is 2.61 bits per heavy atom. The molecular weight excluding hydrogens is 409 g/mol. The normalized spacial score (nSPS) is 11.1. The molecule has 3 aromatic rings. The summed E-state index contributed by atoms with van der Waals surface area (Å²) in [4.78, 5) is 2.87. The Hall–Kier alpha value is -2.71. The molecule has 3 nitrogen and oxygen atoms in total.